The molecule has 0 radical (unpaired) electrons. The van der Waals surface area contributed by atoms with Crippen molar-refractivity contribution in [2.24, 2.45) is 0 Å². The molecule has 2 rings (SSSR count). The van der Waals surface area contributed by atoms with E-state index in [2.05, 4.69) is 29.0 Å². The van der Waals surface area contributed by atoms with Gasteiger partial charge in [0.15, 0.2) is 0 Å². The van der Waals surface area contributed by atoms with Gasteiger partial charge in [-0.15, -0.1) is 11.8 Å². The largest absolute Gasteiger partial charge is 0.346 e. The average molecular weight is 246 g/mol. The number of benzene rings is 1. The first-order chi connectivity index (χ1) is 8.15. The number of hydrogen-bond acceptors (Lipinski definition) is 3. The van der Waals surface area contributed by atoms with Crippen molar-refractivity contribution in [2.45, 2.75) is 24.6 Å². The summed E-state index contributed by atoms with van der Waals surface area (Å²) in [5, 5.41) is 0.773. The van der Waals surface area contributed by atoms with E-state index in [1.807, 2.05) is 25.1 Å². The van der Waals surface area contributed by atoms with E-state index in [4.69, 9.17) is 0 Å². The van der Waals surface area contributed by atoms with Gasteiger partial charge in [0, 0.05) is 11.4 Å². The van der Waals surface area contributed by atoms with Gasteiger partial charge in [-0.2, -0.15) is 4.98 Å². The van der Waals surface area contributed by atoms with E-state index in [1.54, 1.807) is 11.8 Å². The molecule has 0 aliphatic carbocycles. The summed E-state index contributed by atoms with van der Waals surface area (Å²) in [6.45, 7) is 3.95. The molecule has 0 amide bonds. The van der Waals surface area contributed by atoms with Crippen LogP contribution in [-0.2, 0) is 5.75 Å². The van der Waals surface area contributed by atoms with E-state index >= 15 is 0 Å². The number of rotatable bonds is 3. The Morgan fingerprint density at radius 3 is 2.76 bits per heavy atom. The lowest BCUT2D eigenvalue weighted by molar-refractivity contribution is 0.945. The highest BCUT2D eigenvalue weighted by molar-refractivity contribution is 7.98. The average Bonchev–Trinajstić information content (AvgIpc) is 2.27. The fourth-order valence-electron chi connectivity index (χ4n) is 1.55. The first-order valence-corrected chi connectivity index (χ1v) is 6.39. The van der Waals surface area contributed by atoms with Crippen LogP contribution in [0.5, 0.6) is 0 Å². The topological polar surface area (TPSA) is 45.8 Å². The minimum absolute atomic E-state index is 0.280. The summed E-state index contributed by atoms with van der Waals surface area (Å²) in [7, 11) is 0. The van der Waals surface area contributed by atoms with Crippen LogP contribution in [-0.4, -0.2) is 9.97 Å². The second-order valence-electron chi connectivity index (χ2n) is 3.92. The van der Waals surface area contributed by atoms with Gasteiger partial charge in [0.2, 0.25) is 0 Å². The monoisotopic (exact) mass is 246 g/mol. The highest BCUT2D eigenvalue weighted by Gasteiger charge is 2.01. The molecule has 1 aromatic carbocycles. The Balaban J connectivity index is 2.13. The molecule has 3 nitrogen and oxygen atoms in total. The predicted octanol–water partition coefficient (Wildman–Crippen LogP) is 2.68. The van der Waals surface area contributed by atoms with Gasteiger partial charge in [-0.1, -0.05) is 24.3 Å². The zero-order valence-corrected chi connectivity index (χ0v) is 10.7. The Hall–Kier alpha value is -1.55. The smallest absolute Gasteiger partial charge is 0.310 e. The van der Waals surface area contributed by atoms with Gasteiger partial charge in [0.25, 0.3) is 0 Å². The Morgan fingerprint density at radius 1 is 1.29 bits per heavy atom. The van der Waals surface area contributed by atoms with Crippen LogP contribution in [0.2, 0.25) is 0 Å². The summed E-state index contributed by atoms with van der Waals surface area (Å²) in [5.74, 6) is 0.836. The Kier molecular flexibility index (Phi) is 3.64. The van der Waals surface area contributed by atoms with Crippen molar-refractivity contribution in [1.29, 1.82) is 0 Å². The van der Waals surface area contributed by atoms with Gasteiger partial charge in [-0.3, -0.25) is 0 Å². The number of hydrogen-bond donors (Lipinski definition) is 1. The van der Waals surface area contributed by atoms with E-state index in [0.717, 1.165) is 16.5 Å². The fourth-order valence-corrected chi connectivity index (χ4v) is 2.58. The third-order valence-electron chi connectivity index (χ3n) is 2.49. The van der Waals surface area contributed by atoms with Gasteiger partial charge in [0.05, 0.1) is 0 Å². The number of nitrogens with one attached hydrogen (secondary N) is 1. The van der Waals surface area contributed by atoms with E-state index in [1.165, 1.54) is 11.1 Å². The summed E-state index contributed by atoms with van der Waals surface area (Å²) >= 11 is 1.58. The Bertz CT molecular complexity index is 578. The lowest BCUT2D eigenvalue weighted by Gasteiger charge is -2.04. The van der Waals surface area contributed by atoms with Gasteiger partial charge in [-0.25, -0.2) is 4.79 Å². The van der Waals surface area contributed by atoms with E-state index in [-0.39, 0.29) is 5.69 Å². The third kappa shape index (κ3) is 3.20. The zero-order chi connectivity index (χ0) is 12.3. The van der Waals surface area contributed by atoms with Crippen molar-refractivity contribution >= 4 is 11.8 Å². The van der Waals surface area contributed by atoms with Crippen LogP contribution in [0.3, 0.4) is 0 Å². The molecular formula is C13H14N2OS. The summed E-state index contributed by atoms with van der Waals surface area (Å²) in [6.07, 6.45) is 0. The van der Waals surface area contributed by atoms with Crippen LogP contribution in [0.15, 0.2) is 40.2 Å². The molecule has 0 saturated heterocycles. The molecule has 0 bridgehead atoms. The molecule has 1 aromatic heterocycles. The predicted molar refractivity (Wildman–Crippen MR) is 70.3 cm³/mol. The summed E-state index contributed by atoms with van der Waals surface area (Å²) in [5.41, 5.74) is 3.10. The SMILES string of the molecule is Cc1cc(SCc2ccccc2C)nc(=O)[nH]1. The summed E-state index contributed by atoms with van der Waals surface area (Å²) in [6, 6.07) is 10.1. The molecule has 2 aromatic rings. The lowest BCUT2D eigenvalue weighted by Crippen LogP contribution is -2.11. The van der Waals surface area contributed by atoms with E-state index < -0.39 is 0 Å². The molecule has 0 aliphatic heterocycles. The van der Waals surface area contributed by atoms with Crippen molar-refractivity contribution in [1.82, 2.24) is 9.97 Å². The number of thioether (sulfide) groups is 1. The first-order valence-electron chi connectivity index (χ1n) is 5.40. The maximum Gasteiger partial charge on any atom is 0.346 e. The standard InChI is InChI=1S/C13H14N2OS/c1-9-5-3-4-6-11(9)8-17-12-7-10(2)14-13(16)15-12/h3-7H,8H2,1-2H3,(H,14,15,16). The molecule has 0 aliphatic rings. The lowest BCUT2D eigenvalue weighted by atomic mass is 10.1. The van der Waals surface area contributed by atoms with Crippen LogP contribution < -0.4 is 5.69 Å². The van der Waals surface area contributed by atoms with Crippen molar-refractivity contribution in [2.75, 3.05) is 0 Å². The number of aryl methyl sites for hydroxylation is 2. The van der Waals surface area contributed by atoms with Gasteiger partial charge in [-0.05, 0) is 31.0 Å². The fraction of sp³-hybridized carbons (Fsp3) is 0.231. The van der Waals surface area contributed by atoms with Crippen molar-refractivity contribution in [3.05, 3.63) is 57.6 Å². The van der Waals surface area contributed by atoms with Crippen LogP contribution in [0, 0.1) is 13.8 Å². The summed E-state index contributed by atoms with van der Waals surface area (Å²) in [4.78, 5) is 17.8. The highest BCUT2D eigenvalue weighted by atomic mass is 32.2. The number of aromatic nitrogens is 2. The molecular weight excluding hydrogens is 232 g/mol. The molecule has 0 atom stereocenters. The molecule has 1 N–H and O–H groups in total. The molecule has 0 unspecified atom stereocenters. The van der Waals surface area contributed by atoms with E-state index in [0.29, 0.717) is 0 Å². The van der Waals surface area contributed by atoms with Gasteiger partial charge in [0.1, 0.15) is 5.03 Å². The summed E-state index contributed by atoms with van der Waals surface area (Å²) < 4.78 is 0. The quantitative estimate of drug-likeness (QED) is 0.669. The first kappa shape index (κ1) is 11.9. The van der Waals surface area contributed by atoms with Crippen molar-refractivity contribution in [3.8, 4) is 0 Å². The van der Waals surface area contributed by atoms with E-state index in [9.17, 15) is 4.79 Å². The van der Waals surface area contributed by atoms with Crippen LogP contribution in [0.25, 0.3) is 0 Å². The molecule has 0 spiro atoms. The van der Waals surface area contributed by atoms with Crippen LogP contribution in [0.4, 0.5) is 0 Å². The molecule has 0 saturated carbocycles. The molecule has 88 valence electrons. The zero-order valence-electron chi connectivity index (χ0n) is 9.86. The molecule has 4 heteroatoms. The number of aromatic amines is 1. The maximum absolute atomic E-state index is 11.2. The molecule has 0 fully saturated rings. The molecule has 17 heavy (non-hydrogen) atoms. The minimum atomic E-state index is -0.280. The second kappa shape index (κ2) is 5.19. The second-order valence-corrected chi connectivity index (χ2v) is 4.92. The van der Waals surface area contributed by atoms with Gasteiger partial charge >= 0.3 is 5.69 Å². The Labute approximate surface area is 104 Å². The highest BCUT2D eigenvalue weighted by Crippen LogP contribution is 2.21. The van der Waals surface area contributed by atoms with Crippen LogP contribution >= 0.6 is 11.8 Å². The minimum Gasteiger partial charge on any atom is -0.310 e. The van der Waals surface area contributed by atoms with Gasteiger partial charge < -0.3 is 4.98 Å². The number of nitrogens with zero attached hydrogens (tertiary/aromatic N) is 1. The number of H-pyrrole nitrogens is 1. The normalized spacial score (nSPS) is 10.5. The third-order valence-corrected chi connectivity index (χ3v) is 3.45. The van der Waals surface area contributed by atoms with Crippen molar-refractivity contribution < 1.29 is 0 Å². The van der Waals surface area contributed by atoms with Crippen molar-refractivity contribution in [3.63, 3.8) is 0 Å². The maximum atomic E-state index is 11.2. The Morgan fingerprint density at radius 2 is 2.06 bits per heavy atom. The van der Waals surface area contributed by atoms with Crippen LogP contribution in [0.1, 0.15) is 16.8 Å². The molecule has 1 heterocycles.